The fourth-order valence-corrected chi connectivity index (χ4v) is 3.90. The summed E-state index contributed by atoms with van der Waals surface area (Å²) in [5.41, 5.74) is 2.37. The zero-order valence-corrected chi connectivity index (χ0v) is 17.4. The molecule has 3 rings (SSSR count). The molecule has 2 N–H and O–H groups in total. The average molecular weight is 401 g/mol. The molecule has 0 bridgehead atoms. The minimum atomic E-state index is 0.162. The van der Waals surface area contributed by atoms with Crippen molar-refractivity contribution in [3.05, 3.63) is 53.6 Å². The number of nitrogens with zero attached hydrogens (tertiary/aromatic N) is 2. The van der Waals surface area contributed by atoms with Crippen LogP contribution in [0.15, 0.2) is 42.5 Å². The number of phenolic OH excluding ortho intramolecular Hbond substituents is 1. The smallest absolute Gasteiger partial charge is 0.160 e. The minimum Gasteiger partial charge on any atom is -0.504 e. The van der Waals surface area contributed by atoms with E-state index < -0.39 is 0 Å². The normalized spacial score (nSPS) is 18.0. The first-order valence-corrected chi connectivity index (χ1v) is 10.3. The third-order valence-electron chi connectivity index (χ3n) is 5.42. The SMILES string of the molecule is CCOc1ccc(CN2CCN(Cc3ccc(O)c(OC)c3)C[C@H]2CCO)cc1. The van der Waals surface area contributed by atoms with Crippen LogP contribution in [-0.4, -0.2) is 66.0 Å². The van der Waals surface area contributed by atoms with E-state index in [-0.39, 0.29) is 12.4 Å². The second-order valence-electron chi connectivity index (χ2n) is 7.45. The van der Waals surface area contributed by atoms with Crippen molar-refractivity contribution in [1.29, 1.82) is 0 Å². The van der Waals surface area contributed by atoms with E-state index >= 15 is 0 Å². The van der Waals surface area contributed by atoms with Gasteiger partial charge in [0.05, 0.1) is 13.7 Å². The predicted octanol–water partition coefficient (Wildman–Crippen LogP) is 2.87. The van der Waals surface area contributed by atoms with Gasteiger partial charge in [0.15, 0.2) is 11.5 Å². The van der Waals surface area contributed by atoms with Crippen LogP contribution in [0.4, 0.5) is 0 Å². The Bertz CT molecular complexity index is 766. The molecule has 1 heterocycles. The summed E-state index contributed by atoms with van der Waals surface area (Å²) in [5.74, 6) is 1.57. The van der Waals surface area contributed by atoms with E-state index in [1.165, 1.54) is 5.56 Å². The standard InChI is InChI=1S/C23H32N2O4/c1-3-29-21-7-4-18(5-8-21)16-25-12-11-24(17-20(25)10-13-26)15-19-6-9-22(27)23(14-19)28-2/h4-9,14,20,26-27H,3,10-13,15-17H2,1-2H3/t20-/m1/s1. The van der Waals surface area contributed by atoms with E-state index in [1.54, 1.807) is 13.2 Å². The van der Waals surface area contributed by atoms with Crippen molar-refractivity contribution in [3.63, 3.8) is 0 Å². The molecule has 158 valence electrons. The molecule has 6 heteroatoms. The molecule has 1 aliphatic rings. The molecule has 29 heavy (non-hydrogen) atoms. The van der Waals surface area contributed by atoms with Crippen LogP contribution in [0.2, 0.25) is 0 Å². The third-order valence-corrected chi connectivity index (χ3v) is 5.42. The van der Waals surface area contributed by atoms with Crippen molar-refractivity contribution in [2.75, 3.05) is 40.0 Å². The molecule has 0 radical (unpaired) electrons. The fraction of sp³-hybridized carbons (Fsp3) is 0.478. The van der Waals surface area contributed by atoms with Gasteiger partial charge in [-0.2, -0.15) is 0 Å². The first-order chi connectivity index (χ1) is 14.1. The number of hydrogen-bond acceptors (Lipinski definition) is 6. The molecule has 0 spiro atoms. The molecular weight excluding hydrogens is 368 g/mol. The highest BCUT2D eigenvalue weighted by Crippen LogP contribution is 2.27. The second-order valence-corrected chi connectivity index (χ2v) is 7.45. The Balaban J connectivity index is 1.61. The quantitative estimate of drug-likeness (QED) is 0.675. The van der Waals surface area contributed by atoms with Gasteiger partial charge in [0.25, 0.3) is 0 Å². The van der Waals surface area contributed by atoms with E-state index in [1.807, 2.05) is 31.2 Å². The number of ether oxygens (including phenoxy) is 2. The number of phenols is 1. The average Bonchev–Trinajstić information content (AvgIpc) is 2.73. The summed E-state index contributed by atoms with van der Waals surface area (Å²) in [6.07, 6.45) is 0.756. The van der Waals surface area contributed by atoms with Gasteiger partial charge in [-0.15, -0.1) is 0 Å². The molecule has 6 nitrogen and oxygen atoms in total. The molecule has 1 atom stereocenters. The lowest BCUT2D eigenvalue weighted by atomic mass is 10.1. The Kier molecular flexibility index (Phi) is 7.75. The van der Waals surface area contributed by atoms with Crippen molar-refractivity contribution in [2.24, 2.45) is 0 Å². The largest absolute Gasteiger partial charge is 0.504 e. The number of aliphatic hydroxyl groups excluding tert-OH is 1. The highest BCUT2D eigenvalue weighted by Gasteiger charge is 2.26. The van der Waals surface area contributed by atoms with Gasteiger partial charge >= 0.3 is 0 Å². The van der Waals surface area contributed by atoms with Crippen molar-refractivity contribution in [3.8, 4) is 17.2 Å². The van der Waals surface area contributed by atoms with E-state index in [2.05, 4.69) is 21.9 Å². The molecule has 0 aliphatic carbocycles. The molecule has 0 saturated carbocycles. The first-order valence-electron chi connectivity index (χ1n) is 10.3. The summed E-state index contributed by atoms with van der Waals surface area (Å²) in [7, 11) is 1.57. The highest BCUT2D eigenvalue weighted by atomic mass is 16.5. The van der Waals surface area contributed by atoms with Crippen molar-refractivity contribution in [2.45, 2.75) is 32.5 Å². The Morgan fingerprint density at radius 2 is 1.79 bits per heavy atom. The molecule has 0 amide bonds. The zero-order valence-electron chi connectivity index (χ0n) is 17.4. The van der Waals surface area contributed by atoms with Crippen LogP contribution < -0.4 is 9.47 Å². The molecule has 1 fully saturated rings. The van der Waals surface area contributed by atoms with Crippen LogP contribution in [0.1, 0.15) is 24.5 Å². The van der Waals surface area contributed by atoms with Gasteiger partial charge in [-0.3, -0.25) is 9.80 Å². The van der Waals surface area contributed by atoms with Gasteiger partial charge in [-0.25, -0.2) is 0 Å². The van der Waals surface area contributed by atoms with Gasteiger partial charge in [-0.1, -0.05) is 18.2 Å². The maximum atomic E-state index is 9.79. The van der Waals surface area contributed by atoms with Gasteiger partial charge in [0.2, 0.25) is 0 Å². The third kappa shape index (κ3) is 5.85. The lowest BCUT2D eigenvalue weighted by molar-refractivity contribution is 0.0499. The number of aliphatic hydroxyl groups is 1. The zero-order chi connectivity index (χ0) is 20.6. The summed E-state index contributed by atoms with van der Waals surface area (Å²) in [6.45, 7) is 7.34. The summed E-state index contributed by atoms with van der Waals surface area (Å²) >= 11 is 0. The first kappa shape index (κ1) is 21.4. The molecule has 1 saturated heterocycles. The van der Waals surface area contributed by atoms with Crippen molar-refractivity contribution >= 4 is 0 Å². The van der Waals surface area contributed by atoms with Crippen LogP contribution in [0.3, 0.4) is 0 Å². The fourth-order valence-electron chi connectivity index (χ4n) is 3.90. The topological polar surface area (TPSA) is 65.4 Å². The minimum absolute atomic E-state index is 0.162. The molecule has 2 aromatic rings. The summed E-state index contributed by atoms with van der Waals surface area (Å²) in [5, 5.41) is 19.4. The van der Waals surface area contributed by atoms with Gasteiger partial charge in [0, 0.05) is 45.4 Å². The lowest BCUT2D eigenvalue weighted by Crippen LogP contribution is -2.52. The Morgan fingerprint density at radius 3 is 2.48 bits per heavy atom. The molecule has 0 unspecified atom stereocenters. The molecular formula is C23H32N2O4. The number of methoxy groups -OCH3 is 1. The number of rotatable bonds is 9. The number of hydrogen-bond donors (Lipinski definition) is 2. The molecule has 0 aromatic heterocycles. The van der Waals surface area contributed by atoms with Crippen molar-refractivity contribution < 1.29 is 19.7 Å². The Hall–Kier alpha value is -2.28. The predicted molar refractivity (Wildman–Crippen MR) is 113 cm³/mol. The number of piperazine rings is 1. The Morgan fingerprint density at radius 1 is 1.03 bits per heavy atom. The highest BCUT2D eigenvalue weighted by molar-refractivity contribution is 5.41. The maximum absolute atomic E-state index is 9.79. The summed E-state index contributed by atoms with van der Waals surface area (Å²) < 4.78 is 10.7. The van der Waals surface area contributed by atoms with Gasteiger partial charge in [-0.05, 0) is 48.7 Å². The van der Waals surface area contributed by atoms with E-state index in [0.29, 0.717) is 18.4 Å². The van der Waals surface area contributed by atoms with Gasteiger partial charge < -0.3 is 19.7 Å². The molecule has 1 aliphatic heterocycles. The second kappa shape index (κ2) is 10.5. The van der Waals surface area contributed by atoms with E-state index in [4.69, 9.17) is 9.47 Å². The van der Waals surface area contributed by atoms with Crippen molar-refractivity contribution in [1.82, 2.24) is 9.80 Å². The van der Waals surface area contributed by atoms with E-state index in [0.717, 1.165) is 50.5 Å². The number of aromatic hydroxyl groups is 1. The van der Waals surface area contributed by atoms with Crippen LogP contribution >= 0.6 is 0 Å². The monoisotopic (exact) mass is 400 g/mol. The van der Waals surface area contributed by atoms with E-state index in [9.17, 15) is 10.2 Å². The van der Waals surface area contributed by atoms with Gasteiger partial charge in [0.1, 0.15) is 5.75 Å². The number of benzene rings is 2. The lowest BCUT2D eigenvalue weighted by Gasteiger charge is -2.41. The summed E-state index contributed by atoms with van der Waals surface area (Å²) in [4.78, 5) is 4.86. The van der Waals surface area contributed by atoms with Crippen LogP contribution in [0.25, 0.3) is 0 Å². The van der Waals surface area contributed by atoms with Crippen LogP contribution in [0.5, 0.6) is 17.2 Å². The maximum Gasteiger partial charge on any atom is 0.160 e. The Labute approximate surface area is 173 Å². The summed E-state index contributed by atoms with van der Waals surface area (Å²) in [6, 6.07) is 14.1. The van der Waals surface area contributed by atoms with Crippen LogP contribution in [-0.2, 0) is 13.1 Å². The van der Waals surface area contributed by atoms with Crippen LogP contribution in [0, 0.1) is 0 Å². The molecule has 2 aromatic carbocycles.